The maximum Gasteiger partial charge on any atom is 0.124 e. The van der Waals surface area contributed by atoms with Crippen LogP contribution in [0.2, 0.25) is 5.02 Å². The van der Waals surface area contributed by atoms with Gasteiger partial charge in [-0.2, -0.15) is 0 Å². The van der Waals surface area contributed by atoms with Gasteiger partial charge < -0.3 is 0 Å². The molecule has 0 aliphatic heterocycles. The summed E-state index contributed by atoms with van der Waals surface area (Å²) < 4.78 is 12.6. The third-order valence-electron chi connectivity index (χ3n) is 1.55. The minimum absolute atomic E-state index is 0.284. The quantitative estimate of drug-likeness (QED) is 0.242. The molecule has 1 rings (SSSR count). The van der Waals surface area contributed by atoms with Crippen LogP contribution >= 0.6 is 11.6 Å². The van der Waals surface area contributed by atoms with Crippen molar-refractivity contribution in [2.24, 2.45) is 5.11 Å². The van der Waals surface area contributed by atoms with Crippen LogP contribution in [0.15, 0.2) is 23.3 Å². The molecule has 0 atom stereocenters. The Balaban J connectivity index is 2.67. The molecule has 0 amide bonds. The van der Waals surface area contributed by atoms with Gasteiger partial charge in [0.15, 0.2) is 0 Å². The Kier molecular flexibility index (Phi) is 4.49. The number of azide groups is 1. The van der Waals surface area contributed by atoms with E-state index in [1.165, 1.54) is 18.2 Å². The van der Waals surface area contributed by atoms with Gasteiger partial charge in [-0.25, -0.2) is 4.39 Å². The van der Waals surface area contributed by atoms with Crippen molar-refractivity contribution < 1.29 is 4.39 Å². The summed E-state index contributed by atoms with van der Waals surface area (Å²) in [6.45, 7) is 0.322. The highest BCUT2D eigenvalue weighted by atomic mass is 35.5. The van der Waals surface area contributed by atoms with Crippen molar-refractivity contribution in [3.05, 3.63) is 45.0 Å². The second-order valence-corrected chi connectivity index (χ2v) is 3.04. The summed E-state index contributed by atoms with van der Waals surface area (Å²) in [4.78, 5) is 2.59. The van der Waals surface area contributed by atoms with Crippen molar-refractivity contribution in [3.63, 3.8) is 0 Å². The lowest BCUT2D eigenvalue weighted by atomic mass is 10.2. The van der Waals surface area contributed by atoms with Crippen LogP contribution in [-0.2, 0) is 0 Å². The molecule has 76 valence electrons. The SMILES string of the molecule is [N-]=[N+]=NCCC#Cc1ccc(F)cc1Cl. The van der Waals surface area contributed by atoms with E-state index in [0.717, 1.165) is 0 Å². The molecular formula is C10H7ClFN3. The van der Waals surface area contributed by atoms with Gasteiger partial charge in [-0.05, 0) is 23.7 Å². The average molecular weight is 224 g/mol. The van der Waals surface area contributed by atoms with Crippen LogP contribution in [0.1, 0.15) is 12.0 Å². The van der Waals surface area contributed by atoms with Crippen molar-refractivity contribution in [1.82, 2.24) is 0 Å². The molecular weight excluding hydrogens is 217 g/mol. The molecule has 5 heteroatoms. The van der Waals surface area contributed by atoms with Gasteiger partial charge in [0, 0.05) is 23.4 Å². The van der Waals surface area contributed by atoms with E-state index >= 15 is 0 Å². The lowest BCUT2D eigenvalue weighted by Gasteiger charge is -1.94. The summed E-state index contributed by atoms with van der Waals surface area (Å²) in [6, 6.07) is 4.01. The third kappa shape index (κ3) is 3.90. The van der Waals surface area contributed by atoms with Crippen molar-refractivity contribution in [1.29, 1.82) is 0 Å². The zero-order chi connectivity index (χ0) is 11.1. The second kappa shape index (κ2) is 5.92. The van der Waals surface area contributed by atoms with Gasteiger partial charge in [0.25, 0.3) is 0 Å². The Morgan fingerprint density at radius 3 is 3.00 bits per heavy atom. The number of halogens is 2. The van der Waals surface area contributed by atoms with E-state index in [2.05, 4.69) is 21.9 Å². The molecule has 15 heavy (non-hydrogen) atoms. The minimum Gasteiger partial charge on any atom is -0.207 e. The number of hydrogen-bond donors (Lipinski definition) is 0. The number of hydrogen-bond acceptors (Lipinski definition) is 1. The molecule has 1 aromatic carbocycles. The van der Waals surface area contributed by atoms with Crippen molar-refractivity contribution >= 4 is 11.6 Å². The molecule has 0 aromatic heterocycles. The fourth-order valence-corrected chi connectivity index (χ4v) is 1.11. The summed E-state index contributed by atoms with van der Waals surface area (Å²) in [5, 5.41) is 3.61. The number of nitrogens with zero attached hydrogens (tertiary/aromatic N) is 3. The van der Waals surface area contributed by atoms with Crippen LogP contribution in [0, 0.1) is 17.7 Å². The van der Waals surface area contributed by atoms with E-state index in [-0.39, 0.29) is 10.8 Å². The van der Waals surface area contributed by atoms with Crippen molar-refractivity contribution in [3.8, 4) is 11.8 Å². The van der Waals surface area contributed by atoms with Gasteiger partial charge in [-0.15, -0.1) is 0 Å². The third-order valence-corrected chi connectivity index (χ3v) is 1.87. The van der Waals surface area contributed by atoms with E-state index in [9.17, 15) is 4.39 Å². The summed E-state index contributed by atoms with van der Waals surface area (Å²) in [5.41, 5.74) is 8.57. The molecule has 0 N–H and O–H groups in total. The van der Waals surface area contributed by atoms with E-state index in [4.69, 9.17) is 17.1 Å². The summed E-state index contributed by atoms with van der Waals surface area (Å²) in [5.74, 6) is 5.15. The van der Waals surface area contributed by atoms with Gasteiger partial charge in [0.2, 0.25) is 0 Å². The molecule has 0 radical (unpaired) electrons. The Morgan fingerprint density at radius 1 is 1.53 bits per heavy atom. The summed E-state index contributed by atoms with van der Waals surface area (Å²) >= 11 is 5.75. The molecule has 0 fully saturated rings. The maximum absolute atomic E-state index is 12.6. The molecule has 0 spiro atoms. The van der Waals surface area contributed by atoms with Gasteiger partial charge >= 0.3 is 0 Å². The normalized spacial score (nSPS) is 8.67. The first-order valence-corrected chi connectivity index (χ1v) is 4.56. The van der Waals surface area contributed by atoms with Crippen LogP contribution in [-0.4, -0.2) is 6.54 Å². The molecule has 0 saturated carbocycles. The molecule has 0 aliphatic rings. The van der Waals surface area contributed by atoms with Crippen LogP contribution < -0.4 is 0 Å². The molecule has 3 nitrogen and oxygen atoms in total. The maximum atomic E-state index is 12.6. The largest absolute Gasteiger partial charge is 0.207 e. The van der Waals surface area contributed by atoms with Gasteiger partial charge in [0.05, 0.1) is 5.02 Å². The molecule has 1 aromatic rings. The van der Waals surface area contributed by atoms with Crippen LogP contribution in [0.3, 0.4) is 0 Å². The summed E-state index contributed by atoms with van der Waals surface area (Å²) in [6.07, 6.45) is 0.456. The van der Waals surface area contributed by atoms with Gasteiger partial charge in [0.1, 0.15) is 5.82 Å². The first-order chi connectivity index (χ1) is 7.24. The first-order valence-electron chi connectivity index (χ1n) is 4.19. The van der Waals surface area contributed by atoms with Crippen LogP contribution in [0.25, 0.3) is 10.4 Å². The Morgan fingerprint density at radius 2 is 2.33 bits per heavy atom. The monoisotopic (exact) mass is 223 g/mol. The van der Waals surface area contributed by atoms with Crippen molar-refractivity contribution in [2.75, 3.05) is 6.54 Å². The molecule has 0 aliphatic carbocycles. The van der Waals surface area contributed by atoms with E-state index < -0.39 is 0 Å². The predicted octanol–water partition coefficient (Wildman–Crippen LogP) is 3.53. The Labute approximate surface area is 91.5 Å². The number of rotatable bonds is 2. The molecule has 0 saturated heterocycles. The fraction of sp³-hybridized carbons (Fsp3) is 0.200. The minimum atomic E-state index is -0.389. The van der Waals surface area contributed by atoms with E-state index in [0.29, 0.717) is 18.5 Å². The van der Waals surface area contributed by atoms with Gasteiger partial charge in [-0.1, -0.05) is 28.6 Å². The van der Waals surface area contributed by atoms with Crippen LogP contribution in [0.5, 0.6) is 0 Å². The highest BCUT2D eigenvalue weighted by Crippen LogP contribution is 2.15. The number of benzene rings is 1. The topological polar surface area (TPSA) is 48.8 Å². The molecule has 0 unspecified atom stereocenters. The Hall–Kier alpha value is -1.69. The molecule has 0 bridgehead atoms. The second-order valence-electron chi connectivity index (χ2n) is 2.63. The fourth-order valence-electron chi connectivity index (χ4n) is 0.899. The Bertz CT molecular complexity index is 455. The zero-order valence-corrected chi connectivity index (χ0v) is 8.50. The summed E-state index contributed by atoms with van der Waals surface area (Å²) in [7, 11) is 0. The van der Waals surface area contributed by atoms with E-state index in [1.54, 1.807) is 0 Å². The highest BCUT2D eigenvalue weighted by molar-refractivity contribution is 6.31. The zero-order valence-electron chi connectivity index (χ0n) is 7.74. The lowest BCUT2D eigenvalue weighted by Crippen LogP contribution is -1.80. The molecule has 0 heterocycles. The highest BCUT2D eigenvalue weighted by Gasteiger charge is 1.97. The predicted molar refractivity (Wildman–Crippen MR) is 56.9 cm³/mol. The lowest BCUT2D eigenvalue weighted by molar-refractivity contribution is 0.628. The first kappa shape index (κ1) is 11.4. The van der Waals surface area contributed by atoms with Crippen LogP contribution in [0.4, 0.5) is 4.39 Å². The standard InChI is InChI=1S/C10H7ClFN3/c11-10-7-9(12)5-4-8(10)3-1-2-6-14-15-13/h4-5,7H,2,6H2. The van der Waals surface area contributed by atoms with Gasteiger partial charge in [-0.3, -0.25) is 0 Å². The average Bonchev–Trinajstić information content (AvgIpc) is 2.20. The van der Waals surface area contributed by atoms with Crippen molar-refractivity contribution in [2.45, 2.75) is 6.42 Å². The van der Waals surface area contributed by atoms with E-state index in [1.807, 2.05) is 0 Å². The smallest absolute Gasteiger partial charge is 0.124 e.